The van der Waals surface area contributed by atoms with Gasteiger partial charge in [0.2, 0.25) is 5.91 Å². The number of fused-ring (bicyclic) bond motifs is 1. The molecule has 0 spiro atoms. The number of hydrogen-bond acceptors (Lipinski definition) is 5. The zero-order valence-corrected chi connectivity index (χ0v) is 18.2. The minimum absolute atomic E-state index is 0.0615. The highest BCUT2D eigenvalue weighted by molar-refractivity contribution is 7.09. The van der Waals surface area contributed by atoms with Crippen LogP contribution in [0.25, 0.3) is 22.2 Å². The number of aromatic amines is 1. The fourth-order valence-corrected chi connectivity index (χ4v) is 4.18. The van der Waals surface area contributed by atoms with Crippen molar-refractivity contribution in [2.24, 2.45) is 0 Å². The fourth-order valence-electron chi connectivity index (χ4n) is 3.57. The molecule has 8 heteroatoms. The van der Waals surface area contributed by atoms with E-state index in [4.69, 9.17) is 0 Å². The van der Waals surface area contributed by atoms with Crippen molar-refractivity contribution in [1.29, 1.82) is 0 Å². The molecule has 0 radical (unpaired) electrons. The summed E-state index contributed by atoms with van der Waals surface area (Å²) in [5, 5.41) is 3.60. The van der Waals surface area contributed by atoms with Crippen LogP contribution in [0.3, 0.4) is 0 Å². The van der Waals surface area contributed by atoms with Crippen LogP contribution in [0.2, 0.25) is 0 Å². The van der Waals surface area contributed by atoms with Crippen LogP contribution in [0.15, 0.2) is 40.5 Å². The van der Waals surface area contributed by atoms with Crippen LogP contribution in [-0.4, -0.2) is 37.4 Å². The number of likely N-dealkylation sites (N-methyl/N-ethyl adjacent to an activating group) is 1. The largest absolute Gasteiger partial charge is 0.339 e. The number of benzene rings is 1. The molecule has 1 amide bonds. The Kier molecular flexibility index (Phi) is 5.26. The van der Waals surface area contributed by atoms with Gasteiger partial charge in [-0.05, 0) is 39.0 Å². The van der Waals surface area contributed by atoms with Crippen LogP contribution in [0.5, 0.6) is 0 Å². The van der Waals surface area contributed by atoms with Gasteiger partial charge in [0.15, 0.2) is 0 Å². The third-order valence-corrected chi connectivity index (χ3v) is 6.01. The maximum Gasteiger partial charge on any atom is 0.258 e. The average Bonchev–Trinajstić information content (AvgIpc) is 3.26. The summed E-state index contributed by atoms with van der Waals surface area (Å²) in [6.45, 7) is 6.43. The van der Waals surface area contributed by atoms with E-state index in [2.05, 4.69) is 21.0 Å². The first-order valence-corrected chi connectivity index (χ1v) is 10.5. The molecule has 0 aliphatic rings. The van der Waals surface area contributed by atoms with E-state index in [9.17, 15) is 9.59 Å². The summed E-state index contributed by atoms with van der Waals surface area (Å²) in [5.74, 6) is 0.405. The Hall–Kier alpha value is -3.26. The third-order valence-electron chi connectivity index (χ3n) is 5.24. The molecule has 0 saturated heterocycles. The number of H-pyrrole nitrogens is 1. The van der Waals surface area contributed by atoms with Crippen LogP contribution in [0.4, 0.5) is 0 Å². The van der Waals surface area contributed by atoms with Crippen molar-refractivity contribution >= 4 is 28.1 Å². The number of nitrogens with zero attached hydrogens (tertiary/aromatic N) is 4. The van der Waals surface area contributed by atoms with E-state index >= 15 is 0 Å². The van der Waals surface area contributed by atoms with Gasteiger partial charge < -0.3 is 14.5 Å². The number of thiazole rings is 1. The first-order chi connectivity index (χ1) is 14.3. The highest BCUT2D eigenvalue weighted by Crippen LogP contribution is 2.28. The number of rotatable bonds is 5. The van der Waals surface area contributed by atoms with Crippen molar-refractivity contribution in [2.45, 2.75) is 33.9 Å². The van der Waals surface area contributed by atoms with E-state index < -0.39 is 0 Å². The second-order valence-electron chi connectivity index (χ2n) is 7.40. The standard InChI is InChI=1S/C22H23N5O2S/c1-13-9-17(19-12-30-15(3)23-19)14(2)27(13)11-21(28)26(4)10-20-24-18-8-6-5-7-16(18)22(29)25-20/h5-9,12H,10-11H2,1-4H3,(H,24,25,29). The minimum atomic E-state index is -0.197. The Morgan fingerprint density at radius 3 is 2.70 bits per heavy atom. The van der Waals surface area contributed by atoms with Crippen molar-refractivity contribution in [2.75, 3.05) is 7.05 Å². The lowest BCUT2D eigenvalue weighted by molar-refractivity contribution is -0.131. The molecular formula is C22H23N5O2S. The van der Waals surface area contributed by atoms with E-state index in [0.29, 0.717) is 16.7 Å². The van der Waals surface area contributed by atoms with Gasteiger partial charge in [-0.2, -0.15) is 0 Å². The number of hydrogen-bond donors (Lipinski definition) is 1. The lowest BCUT2D eigenvalue weighted by Gasteiger charge is -2.18. The average molecular weight is 422 g/mol. The van der Waals surface area contributed by atoms with Crippen molar-refractivity contribution in [1.82, 2.24) is 24.4 Å². The normalized spacial score (nSPS) is 11.2. The third kappa shape index (κ3) is 3.78. The number of aromatic nitrogens is 4. The number of para-hydroxylation sites is 1. The van der Waals surface area contributed by atoms with Crippen molar-refractivity contribution < 1.29 is 4.79 Å². The molecule has 7 nitrogen and oxygen atoms in total. The Morgan fingerprint density at radius 2 is 1.97 bits per heavy atom. The van der Waals surface area contributed by atoms with Gasteiger partial charge in [-0.15, -0.1) is 11.3 Å². The predicted octanol–water partition coefficient (Wildman–Crippen LogP) is 3.43. The SMILES string of the molecule is Cc1nc(-c2cc(C)n(CC(=O)N(C)Cc3nc4ccccc4c(=O)[nH]3)c2C)cs1. The molecule has 4 rings (SSSR count). The predicted molar refractivity (Wildman–Crippen MR) is 119 cm³/mol. The molecule has 30 heavy (non-hydrogen) atoms. The van der Waals surface area contributed by atoms with Crippen LogP contribution in [-0.2, 0) is 17.9 Å². The lowest BCUT2D eigenvalue weighted by Crippen LogP contribution is -2.31. The van der Waals surface area contributed by atoms with E-state index in [1.54, 1.807) is 41.5 Å². The summed E-state index contributed by atoms with van der Waals surface area (Å²) >= 11 is 1.61. The molecule has 0 bridgehead atoms. The molecule has 3 heterocycles. The molecule has 0 saturated carbocycles. The molecule has 0 fully saturated rings. The Bertz CT molecular complexity index is 1300. The second-order valence-corrected chi connectivity index (χ2v) is 8.46. The van der Waals surface area contributed by atoms with Gasteiger partial charge in [0.05, 0.1) is 28.1 Å². The molecule has 0 unspecified atom stereocenters. The number of carbonyl (C=O) groups excluding carboxylic acids is 1. The lowest BCUT2D eigenvalue weighted by atomic mass is 10.2. The van der Waals surface area contributed by atoms with E-state index in [1.165, 1.54) is 0 Å². The van der Waals surface area contributed by atoms with Gasteiger partial charge in [-0.25, -0.2) is 9.97 Å². The molecule has 1 N–H and O–H groups in total. The summed E-state index contributed by atoms with van der Waals surface area (Å²) < 4.78 is 2.00. The van der Waals surface area contributed by atoms with Crippen LogP contribution in [0.1, 0.15) is 22.2 Å². The molecular weight excluding hydrogens is 398 g/mol. The molecule has 0 aliphatic heterocycles. The van der Waals surface area contributed by atoms with Gasteiger partial charge in [0, 0.05) is 29.4 Å². The number of aryl methyl sites for hydroxylation is 2. The van der Waals surface area contributed by atoms with Gasteiger partial charge in [0.25, 0.3) is 5.56 Å². The zero-order chi connectivity index (χ0) is 21.4. The summed E-state index contributed by atoms with van der Waals surface area (Å²) in [5.41, 5.74) is 4.43. The number of nitrogens with one attached hydrogen (secondary N) is 1. The smallest absolute Gasteiger partial charge is 0.258 e. The second kappa shape index (κ2) is 7.87. The fraction of sp³-hybridized carbons (Fsp3) is 0.273. The summed E-state index contributed by atoms with van der Waals surface area (Å²) in [6, 6.07) is 9.24. The summed E-state index contributed by atoms with van der Waals surface area (Å²) in [7, 11) is 1.72. The van der Waals surface area contributed by atoms with Gasteiger partial charge >= 0.3 is 0 Å². The molecule has 0 aliphatic carbocycles. The summed E-state index contributed by atoms with van der Waals surface area (Å²) in [4.78, 5) is 38.6. The molecule has 154 valence electrons. The summed E-state index contributed by atoms with van der Waals surface area (Å²) in [6.07, 6.45) is 0. The minimum Gasteiger partial charge on any atom is -0.339 e. The maximum atomic E-state index is 12.9. The van der Waals surface area contributed by atoms with E-state index in [0.717, 1.165) is 27.7 Å². The van der Waals surface area contributed by atoms with Gasteiger partial charge in [-0.3, -0.25) is 9.59 Å². The van der Waals surface area contributed by atoms with E-state index in [-0.39, 0.29) is 24.6 Å². The van der Waals surface area contributed by atoms with Crippen molar-refractivity contribution in [3.05, 3.63) is 68.3 Å². The van der Waals surface area contributed by atoms with Crippen molar-refractivity contribution in [3.63, 3.8) is 0 Å². The highest BCUT2D eigenvalue weighted by atomic mass is 32.1. The van der Waals surface area contributed by atoms with Gasteiger partial charge in [0.1, 0.15) is 12.4 Å². The Balaban J connectivity index is 1.53. The Morgan fingerprint density at radius 1 is 1.20 bits per heavy atom. The van der Waals surface area contributed by atoms with Crippen LogP contribution < -0.4 is 5.56 Å². The van der Waals surface area contributed by atoms with Crippen molar-refractivity contribution in [3.8, 4) is 11.3 Å². The molecule has 3 aromatic heterocycles. The van der Waals surface area contributed by atoms with Crippen LogP contribution in [0, 0.1) is 20.8 Å². The first kappa shape index (κ1) is 20.0. The van der Waals surface area contributed by atoms with E-state index in [1.807, 2.05) is 36.8 Å². The first-order valence-electron chi connectivity index (χ1n) is 9.64. The highest BCUT2D eigenvalue weighted by Gasteiger charge is 2.18. The Labute approximate surface area is 178 Å². The monoisotopic (exact) mass is 421 g/mol. The number of carbonyl (C=O) groups is 1. The number of amides is 1. The maximum absolute atomic E-state index is 12.9. The molecule has 4 aromatic rings. The zero-order valence-electron chi connectivity index (χ0n) is 17.4. The quantitative estimate of drug-likeness (QED) is 0.535. The molecule has 1 aromatic carbocycles. The topological polar surface area (TPSA) is 83.9 Å². The molecule has 0 atom stereocenters. The van der Waals surface area contributed by atoms with Gasteiger partial charge in [-0.1, -0.05) is 12.1 Å². The van der Waals surface area contributed by atoms with Crippen LogP contribution >= 0.6 is 11.3 Å².